The van der Waals surface area contributed by atoms with Crippen LogP contribution in [-0.4, -0.2) is 153 Å². The molecule has 2 saturated carbocycles. The molecule has 354 valence electrons. The van der Waals surface area contributed by atoms with Crippen LogP contribution in [-0.2, 0) is 38.0 Å². The quantitative estimate of drug-likeness (QED) is 0.0768. The number of aromatic hydroxyl groups is 1. The summed E-state index contributed by atoms with van der Waals surface area (Å²) in [5.41, 5.74) is 5.77. The first kappa shape index (κ1) is 49.2. The molecular formula is C45H68N2O16. The van der Waals surface area contributed by atoms with Gasteiger partial charge in [0, 0.05) is 14.0 Å². The van der Waals surface area contributed by atoms with Gasteiger partial charge in [0.1, 0.15) is 48.4 Å². The Morgan fingerprint density at radius 2 is 1.67 bits per heavy atom. The highest BCUT2D eigenvalue weighted by molar-refractivity contribution is 5.90. The lowest BCUT2D eigenvalue weighted by Gasteiger charge is -2.67. The Morgan fingerprint density at radius 3 is 2.29 bits per heavy atom. The lowest BCUT2D eigenvalue weighted by atomic mass is 9.39. The summed E-state index contributed by atoms with van der Waals surface area (Å²) in [4.78, 5) is 37.8. The summed E-state index contributed by atoms with van der Waals surface area (Å²) >= 11 is 0. The molecule has 2 aliphatic heterocycles. The van der Waals surface area contributed by atoms with Crippen molar-refractivity contribution in [1.82, 2.24) is 5.32 Å². The number of benzene rings is 1. The number of carboxylic acids is 1. The fourth-order valence-corrected chi connectivity index (χ4v) is 12.1. The van der Waals surface area contributed by atoms with Gasteiger partial charge in [0.05, 0.1) is 36.6 Å². The first-order chi connectivity index (χ1) is 29.5. The first-order valence-corrected chi connectivity index (χ1v) is 21.9. The molecular weight excluding hydrogens is 824 g/mol. The number of carbonyl (C=O) groups excluding carboxylic acids is 2. The molecule has 2 saturated heterocycles. The normalized spacial score (nSPS) is 42.1. The third-order valence-electron chi connectivity index (χ3n) is 15.4. The highest BCUT2D eigenvalue weighted by atomic mass is 16.7. The van der Waals surface area contributed by atoms with Crippen LogP contribution in [0.1, 0.15) is 90.9 Å². The second-order valence-corrected chi connectivity index (χ2v) is 19.6. The zero-order chi connectivity index (χ0) is 46.5. The summed E-state index contributed by atoms with van der Waals surface area (Å²) in [6.07, 6.45) is -11.0. The molecule has 5 aliphatic rings. The smallest absolute Gasteiger partial charge is 0.338 e. The van der Waals surface area contributed by atoms with E-state index in [0.717, 1.165) is 24.8 Å². The number of amides is 1. The predicted octanol–water partition coefficient (Wildman–Crippen LogP) is 1.35. The third kappa shape index (κ3) is 9.28. The standard InChI is InChI=1S/C45H68N2O16/c1-20-12-13-30-44(6,25(20)17-26(58-8)31(46)39(55)56)15-14-29-43(4,5)38(54)27(18-45(29,30)7)60-42-35(53)37(36(21(2)59-42)62-40(57)23-10-9-11-24(50)16-23)63-41-32(47-22(3)49)34(52)33(51)28(19-48)61-41/h9-12,16,21,25-38,41-42,48,50-54H,13-15,17-19,46H2,1-8H3,(H,47,49)(H,55,56)/t21-,25-,26-,27-,28+,29?,30-,31-,32+,33+,34+,35+,36-,37-,38+,41-,42-,44-,45+/m0/s1. The first-order valence-electron chi connectivity index (χ1n) is 21.9. The number of aliphatic hydroxyl groups is 5. The van der Waals surface area contributed by atoms with Crippen molar-refractivity contribution >= 4 is 17.8 Å². The van der Waals surface area contributed by atoms with Crippen molar-refractivity contribution in [3.63, 3.8) is 0 Å². The number of ether oxygens (including phenoxy) is 6. The van der Waals surface area contributed by atoms with Gasteiger partial charge in [-0.1, -0.05) is 45.4 Å². The van der Waals surface area contributed by atoms with Crippen LogP contribution >= 0.6 is 0 Å². The number of esters is 1. The van der Waals surface area contributed by atoms with Crippen LogP contribution in [0.5, 0.6) is 5.75 Å². The molecule has 18 heteroatoms. The Balaban J connectivity index is 1.32. The molecule has 6 rings (SSSR count). The van der Waals surface area contributed by atoms with E-state index in [9.17, 15) is 50.1 Å². The number of nitrogens with one attached hydrogen (secondary N) is 1. The highest BCUT2D eigenvalue weighted by Crippen LogP contribution is 2.69. The highest BCUT2D eigenvalue weighted by Gasteiger charge is 2.65. The van der Waals surface area contributed by atoms with Gasteiger partial charge in [0.25, 0.3) is 0 Å². The maximum Gasteiger partial charge on any atom is 0.338 e. The van der Waals surface area contributed by atoms with Gasteiger partial charge in [-0.3, -0.25) is 9.59 Å². The van der Waals surface area contributed by atoms with Crippen LogP contribution < -0.4 is 11.1 Å². The van der Waals surface area contributed by atoms with Gasteiger partial charge in [0.15, 0.2) is 18.7 Å². The summed E-state index contributed by atoms with van der Waals surface area (Å²) in [7, 11) is 1.48. The summed E-state index contributed by atoms with van der Waals surface area (Å²) in [5, 5.41) is 78.6. The van der Waals surface area contributed by atoms with Crippen LogP contribution in [0.4, 0.5) is 0 Å². The molecule has 1 amide bonds. The number of carbonyl (C=O) groups is 3. The Bertz CT molecular complexity index is 1850. The van der Waals surface area contributed by atoms with Gasteiger partial charge in [-0.25, -0.2) is 4.79 Å². The molecule has 0 spiro atoms. The lowest BCUT2D eigenvalue weighted by molar-refractivity contribution is -0.358. The Labute approximate surface area is 368 Å². The monoisotopic (exact) mass is 892 g/mol. The molecule has 10 N–H and O–H groups in total. The van der Waals surface area contributed by atoms with E-state index in [-0.39, 0.29) is 34.5 Å². The number of phenolic OH excluding ortho intramolecular Hbond substituents is 1. The van der Waals surface area contributed by atoms with E-state index in [1.807, 2.05) is 13.8 Å². The summed E-state index contributed by atoms with van der Waals surface area (Å²) < 4.78 is 36.7. The molecule has 1 aromatic carbocycles. The maximum absolute atomic E-state index is 13.5. The van der Waals surface area contributed by atoms with E-state index in [1.54, 1.807) is 6.92 Å². The number of fused-ring (bicyclic) bond motifs is 3. The average Bonchev–Trinajstić information content (AvgIpc) is 3.21. The fourth-order valence-electron chi connectivity index (χ4n) is 12.1. The molecule has 0 bridgehead atoms. The van der Waals surface area contributed by atoms with Crippen LogP contribution in [0.15, 0.2) is 35.9 Å². The lowest BCUT2D eigenvalue weighted by Crippen LogP contribution is -2.68. The molecule has 19 atom stereocenters. The van der Waals surface area contributed by atoms with E-state index >= 15 is 0 Å². The topological polar surface area (TPSA) is 286 Å². The van der Waals surface area contributed by atoms with Crippen molar-refractivity contribution in [3.8, 4) is 5.75 Å². The maximum atomic E-state index is 13.5. The Hall–Kier alpha value is -3.27. The van der Waals surface area contributed by atoms with E-state index in [0.29, 0.717) is 12.8 Å². The van der Waals surface area contributed by atoms with Crippen LogP contribution in [0.3, 0.4) is 0 Å². The second-order valence-electron chi connectivity index (χ2n) is 19.6. The van der Waals surface area contributed by atoms with Gasteiger partial charge in [0.2, 0.25) is 5.91 Å². The number of nitrogens with two attached hydrogens (primary N) is 1. The SMILES string of the molecule is CO[C@@H](C[C@H]1C(C)=CC[C@H]2[C@@]1(C)CCC1C(C)(C)[C@H](O)[C@@H](O[C@@H]3O[C@@H](C)[C@H](OC(=O)c4cccc(O)c4)[C@@H](O[C@@H]4O[C@H](CO)[C@@H](O)[C@H](O)[C@H]4NC(C)=O)[C@H]3O)C[C@]12C)[C@H](N)C(=O)O. The number of carboxylic acid groups (broad SMARTS) is 1. The van der Waals surface area contributed by atoms with Crippen molar-refractivity contribution in [2.45, 2.75) is 166 Å². The van der Waals surface area contributed by atoms with Gasteiger partial charge in [-0.05, 0) is 98.1 Å². The summed E-state index contributed by atoms with van der Waals surface area (Å²) in [5.74, 6) is -2.82. The number of aliphatic carboxylic acids is 1. The number of rotatable bonds is 13. The van der Waals surface area contributed by atoms with Crippen LogP contribution in [0.2, 0.25) is 0 Å². The van der Waals surface area contributed by atoms with Crippen molar-refractivity contribution < 1.29 is 78.6 Å². The minimum absolute atomic E-state index is 0.0231. The largest absolute Gasteiger partial charge is 0.508 e. The second kappa shape index (κ2) is 18.9. The average molecular weight is 893 g/mol. The van der Waals surface area contributed by atoms with Gasteiger partial charge in [-0.2, -0.15) is 0 Å². The number of allylic oxidation sites excluding steroid dienone is 2. The summed E-state index contributed by atoms with van der Waals surface area (Å²) in [6, 6.07) is 2.80. The van der Waals surface area contributed by atoms with E-state index in [1.165, 1.54) is 38.3 Å². The van der Waals surface area contributed by atoms with E-state index in [2.05, 4.69) is 32.2 Å². The predicted molar refractivity (Wildman–Crippen MR) is 222 cm³/mol. The zero-order valence-corrected chi connectivity index (χ0v) is 37.3. The molecule has 0 aromatic heterocycles. The third-order valence-corrected chi connectivity index (χ3v) is 15.4. The van der Waals surface area contributed by atoms with Crippen LogP contribution in [0, 0.1) is 34.0 Å². The van der Waals surface area contributed by atoms with Gasteiger partial charge >= 0.3 is 11.9 Å². The zero-order valence-electron chi connectivity index (χ0n) is 37.3. The molecule has 2 heterocycles. The Kier molecular flexibility index (Phi) is 14.8. The molecule has 0 radical (unpaired) electrons. The number of aliphatic hydroxyl groups excluding tert-OH is 5. The number of phenols is 1. The summed E-state index contributed by atoms with van der Waals surface area (Å²) in [6.45, 7) is 12.6. The van der Waals surface area contributed by atoms with Crippen molar-refractivity contribution in [2.75, 3.05) is 13.7 Å². The fraction of sp³-hybridized carbons (Fsp3) is 0.756. The van der Waals surface area contributed by atoms with Crippen molar-refractivity contribution in [3.05, 3.63) is 41.5 Å². The molecule has 1 aromatic rings. The molecule has 18 nitrogen and oxygen atoms in total. The number of hydrogen-bond donors (Lipinski definition) is 9. The molecule has 63 heavy (non-hydrogen) atoms. The minimum Gasteiger partial charge on any atom is -0.508 e. The van der Waals surface area contributed by atoms with E-state index < -0.39 is 121 Å². The minimum atomic E-state index is -1.77. The van der Waals surface area contributed by atoms with E-state index in [4.69, 9.17) is 34.2 Å². The van der Waals surface area contributed by atoms with Crippen molar-refractivity contribution in [1.29, 1.82) is 0 Å². The molecule has 4 fully saturated rings. The molecule has 3 aliphatic carbocycles. The Morgan fingerprint density at radius 1 is 0.968 bits per heavy atom. The number of methoxy groups -OCH3 is 1. The molecule has 1 unspecified atom stereocenters. The van der Waals surface area contributed by atoms with Gasteiger partial charge < -0.3 is 75.2 Å². The van der Waals surface area contributed by atoms with Gasteiger partial charge in [-0.15, -0.1) is 0 Å². The van der Waals surface area contributed by atoms with Crippen molar-refractivity contribution in [2.24, 2.45) is 39.7 Å². The van der Waals surface area contributed by atoms with Crippen LogP contribution in [0.25, 0.3) is 0 Å². The number of hydrogen-bond acceptors (Lipinski definition) is 16.